The van der Waals surface area contributed by atoms with E-state index in [1.165, 1.54) is 5.56 Å². The minimum Gasteiger partial charge on any atom is -0.489 e. The number of rotatable bonds is 4. The molecule has 0 aromatic heterocycles. The van der Waals surface area contributed by atoms with Crippen LogP contribution in [0.15, 0.2) is 22.7 Å². The molecule has 1 atom stereocenters. The summed E-state index contributed by atoms with van der Waals surface area (Å²) in [6.07, 6.45) is 1.27. The Balaban J connectivity index is 2.92. The van der Waals surface area contributed by atoms with Crippen molar-refractivity contribution in [2.24, 2.45) is 0 Å². The van der Waals surface area contributed by atoms with Crippen molar-refractivity contribution in [3.05, 3.63) is 28.2 Å². The molecule has 0 aliphatic carbocycles. The van der Waals surface area contributed by atoms with Gasteiger partial charge in [0.2, 0.25) is 0 Å². The van der Waals surface area contributed by atoms with Crippen LogP contribution in [0.25, 0.3) is 0 Å². The van der Waals surface area contributed by atoms with Crippen LogP contribution in [0.2, 0.25) is 0 Å². The summed E-state index contributed by atoms with van der Waals surface area (Å²) in [5.74, 6) is 0.957. The summed E-state index contributed by atoms with van der Waals surface area (Å²) in [5.41, 5.74) is 1.18. The highest BCUT2D eigenvalue weighted by Gasteiger charge is 2.09. The summed E-state index contributed by atoms with van der Waals surface area (Å²) < 4.78 is 6.86. The third-order valence-electron chi connectivity index (χ3n) is 2.09. The molecule has 0 aliphatic rings. The first-order valence-corrected chi connectivity index (χ1v) is 6.60. The average Bonchev–Trinajstić information content (AvgIpc) is 2.20. The monoisotopic (exact) mass is 320 g/mol. The minimum atomic E-state index is 0.256. The van der Waals surface area contributed by atoms with E-state index >= 15 is 0 Å². The fourth-order valence-corrected chi connectivity index (χ4v) is 2.02. The summed E-state index contributed by atoms with van der Waals surface area (Å²) in [4.78, 5) is 0. The predicted octanol–water partition coefficient (Wildman–Crippen LogP) is 4.52. The molecule has 1 rings (SSSR count). The fraction of sp³-hybridized carbons (Fsp3) is 0.455. The maximum atomic E-state index is 5.84. The van der Waals surface area contributed by atoms with Crippen molar-refractivity contribution in [1.29, 1.82) is 0 Å². The first-order chi connectivity index (χ1) is 6.69. The first-order valence-electron chi connectivity index (χ1n) is 4.69. The maximum Gasteiger partial charge on any atom is 0.137 e. The third kappa shape index (κ3) is 2.99. The number of halogens is 2. The molecule has 1 aromatic rings. The zero-order chi connectivity index (χ0) is 10.6. The Bertz CT molecular complexity index is 299. The van der Waals surface area contributed by atoms with Crippen LogP contribution >= 0.6 is 31.9 Å². The standard InChI is InChI=1S/C11H14Br2O/c1-3-8(2)14-11-9(7-12)5-4-6-10(11)13/h4-6,8H,3,7H2,1-2H3. The molecule has 3 heteroatoms. The molecule has 78 valence electrons. The van der Waals surface area contributed by atoms with E-state index in [-0.39, 0.29) is 6.10 Å². The van der Waals surface area contributed by atoms with E-state index in [4.69, 9.17) is 4.74 Å². The minimum absolute atomic E-state index is 0.256. The van der Waals surface area contributed by atoms with E-state index in [1.54, 1.807) is 0 Å². The molecule has 1 nitrogen and oxygen atoms in total. The molecule has 0 radical (unpaired) electrons. The molecule has 0 spiro atoms. The smallest absolute Gasteiger partial charge is 0.137 e. The average molecular weight is 322 g/mol. The second-order valence-corrected chi connectivity index (χ2v) is 4.61. The number of para-hydroxylation sites is 1. The van der Waals surface area contributed by atoms with Gasteiger partial charge < -0.3 is 4.74 Å². The second-order valence-electron chi connectivity index (χ2n) is 3.20. The van der Waals surface area contributed by atoms with E-state index < -0.39 is 0 Å². The Morgan fingerprint density at radius 3 is 2.71 bits per heavy atom. The predicted molar refractivity (Wildman–Crippen MR) is 67.2 cm³/mol. The van der Waals surface area contributed by atoms with Crippen LogP contribution in [0.1, 0.15) is 25.8 Å². The molecule has 0 heterocycles. The fourth-order valence-electron chi connectivity index (χ4n) is 1.08. The Kier molecular flexibility index (Phi) is 4.96. The summed E-state index contributed by atoms with van der Waals surface area (Å²) >= 11 is 6.95. The summed E-state index contributed by atoms with van der Waals surface area (Å²) in [7, 11) is 0. The van der Waals surface area contributed by atoms with Crippen molar-refractivity contribution in [2.45, 2.75) is 31.7 Å². The number of hydrogen-bond acceptors (Lipinski definition) is 1. The number of alkyl halides is 1. The molecule has 0 amide bonds. The van der Waals surface area contributed by atoms with E-state index in [2.05, 4.69) is 51.8 Å². The van der Waals surface area contributed by atoms with Gasteiger partial charge in [0.15, 0.2) is 0 Å². The van der Waals surface area contributed by atoms with Gasteiger partial charge in [0.1, 0.15) is 5.75 Å². The molecule has 0 fully saturated rings. The number of ether oxygens (including phenoxy) is 1. The van der Waals surface area contributed by atoms with Crippen molar-refractivity contribution < 1.29 is 4.74 Å². The van der Waals surface area contributed by atoms with E-state index in [0.717, 1.165) is 22.0 Å². The lowest BCUT2D eigenvalue weighted by Gasteiger charge is -2.16. The highest BCUT2D eigenvalue weighted by molar-refractivity contribution is 9.10. The molecule has 0 saturated carbocycles. The van der Waals surface area contributed by atoms with Crippen molar-refractivity contribution in [3.63, 3.8) is 0 Å². The van der Waals surface area contributed by atoms with Gasteiger partial charge in [0, 0.05) is 10.9 Å². The van der Waals surface area contributed by atoms with Gasteiger partial charge >= 0.3 is 0 Å². The Morgan fingerprint density at radius 1 is 1.43 bits per heavy atom. The quantitative estimate of drug-likeness (QED) is 0.741. The molecule has 0 aliphatic heterocycles. The van der Waals surface area contributed by atoms with E-state index in [1.807, 2.05) is 12.1 Å². The van der Waals surface area contributed by atoms with Gasteiger partial charge in [-0.05, 0) is 35.3 Å². The van der Waals surface area contributed by atoms with Crippen molar-refractivity contribution in [1.82, 2.24) is 0 Å². The van der Waals surface area contributed by atoms with Gasteiger partial charge in [-0.25, -0.2) is 0 Å². The van der Waals surface area contributed by atoms with Crippen molar-refractivity contribution in [3.8, 4) is 5.75 Å². The number of benzene rings is 1. The van der Waals surface area contributed by atoms with E-state index in [9.17, 15) is 0 Å². The first kappa shape index (κ1) is 12.1. The molecule has 1 unspecified atom stereocenters. The number of hydrogen-bond donors (Lipinski definition) is 0. The van der Waals surface area contributed by atoms with Gasteiger partial charge in [-0.2, -0.15) is 0 Å². The van der Waals surface area contributed by atoms with Crippen LogP contribution in [-0.2, 0) is 5.33 Å². The third-order valence-corrected chi connectivity index (χ3v) is 3.32. The summed E-state index contributed by atoms with van der Waals surface area (Å²) in [6.45, 7) is 4.20. The van der Waals surface area contributed by atoms with Crippen LogP contribution < -0.4 is 4.74 Å². The van der Waals surface area contributed by atoms with Crippen LogP contribution in [0.3, 0.4) is 0 Å². The van der Waals surface area contributed by atoms with Gasteiger partial charge in [-0.3, -0.25) is 0 Å². The topological polar surface area (TPSA) is 9.23 Å². The Labute approximate surface area is 102 Å². The molecular formula is C11H14Br2O. The lowest BCUT2D eigenvalue weighted by Crippen LogP contribution is -2.11. The van der Waals surface area contributed by atoms with Crippen LogP contribution in [0.5, 0.6) is 5.75 Å². The lowest BCUT2D eigenvalue weighted by molar-refractivity contribution is 0.214. The highest BCUT2D eigenvalue weighted by atomic mass is 79.9. The second kappa shape index (κ2) is 5.76. The SMILES string of the molecule is CCC(C)Oc1c(Br)cccc1CBr. The Morgan fingerprint density at radius 2 is 2.14 bits per heavy atom. The Hall–Kier alpha value is -0.0200. The summed E-state index contributed by atoms with van der Waals surface area (Å²) in [6, 6.07) is 6.09. The zero-order valence-electron chi connectivity index (χ0n) is 8.39. The summed E-state index contributed by atoms with van der Waals surface area (Å²) in [5, 5.41) is 0.818. The van der Waals surface area contributed by atoms with Gasteiger partial charge in [0.05, 0.1) is 10.6 Å². The molecule has 0 bridgehead atoms. The van der Waals surface area contributed by atoms with Crippen molar-refractivity contribution in [2.75, 3.05) is 0 Å². The molecular weight excluding hydrogens is 308 g/mol. The van der Waals surface area contributed by atoms with Crippen LogP contribution in [-0.4, -0.2) is 6.10 Å². The largest absolute Gasteiger partial charge is 0.489 e. The maximum absolute atomic E-state index is 5.84. The van der Waals surface area contributed by atoms with Gasteiger partial charge in [-0.1, -0.05) is 35.0 Å². The van der Waals surface area contributed by atoms with E-state index in [0.29, 0.717) is 0 Å². The van der Waals surface area contributed by atoms with Crippen LogP contribution in [0.4, 0.5) is 0 Å². The molecule has 0 saturated heterocycles. The normalized spacial score (nSPS) is 12.6. The highest BCUT2D eigenvalue weighted by Crippen LogP contribution is 2.31. The zero-order valence-corrected chi connectivity index (χ0v) is 11.6. The molecule has 14 heavy (non-hydrogen) atoms. The molecule has 1 aromatic carbocycles. The van der Waals surface area contributed by atoms with Crippen molar-refractivity contribution >= 4 is 31.9 Å². The van der Waals surface area contributed by atoms with Gasteiger partial charge in [0.25, 0.3) is 0 Å². The molecule has 0 N–H and O–H groups in total. The van der Waals surface area contributed by atoms with Crippen LogP contribution in [0, 0.1) is 0 Å². The lowest BCUT2D eigenvalue weighted by atomic mass is 10.2. The van der Waals surface area contributed by atoms with Gasteiger partial charge in [-0.15, -0.1) is 0 Å².